The molecule has 0 aliphatic heterocycles. The van der Waals surface area contributed by atoms with Gasteiger partial charge in [0, 0.05) is 0 Å². The van der Waals surface area contributed by atoms with Gasteiger partial charge in [-0.1, -0.05) is 27.7 Å². The molecule has 0 heterocycles. The molecule has 66 valence electrons. The molecule has 0 aromatic rings. The molecule has 4 atom stereocenters. The largest absolute Gasteiger partial charge is 0.0625 e. The predicted molar refractivity (Wildman–Crippen MR) is 50.5 cm³/mol. The van der Waals surface area contributed by atoms with Crippen LogP contribution in [-0.4, -0.2) is 0 Å². The first kappa shape index (κ1) is 9.09. The summed E-state index contributed by atoms with van der Waals surface area (Å²) >= 11 is 0. The first-order valence-corrected chi connectivity index (χ1v) is 5.09. The SMILES string of the molecule is CC1CC(C)CC(C)C(C)C1. The monoisotopic (exact) mass is 154 g/mol. The summed E-state index contributed by atoms with van der Waals surface area (Å²) in [6.07, 6.45) is 4.35. The topological polar surface area (TPSA) is 0 Å². The fraction of sp³-hybridized carbons (Fsp3) is 1.00. The first-order chi connectivity index (χ1) is 5.09. The molecule has 0 N–H and O–H groups in total. The second-order valence-electron chi connectivity index (χ2n) is 4.87. The van der Waals surface area contributed by atoms with Crippen molar-refractivity contribution in [1.29, 1.82) is 0 Å². The molecule has 1 aliphatic rings. The lowest BCUT2D eigenvalue weighted by Gasteiger charge is -2.17. The van der Waals surface area contributed by atoms with Crippen LogP contribution in [0.4, 0.5) is 0 Å². The first-order valence-electron chi connectivity index (χ1n) is 5.09. The zero-order valence-corrected chi connectivity index (χ0v) is 8.43. The van der Waals surface area contributed by atoms with E-state index < -0.39 is 0 Å². The second kappa shape index (κ2) is 3.60. The Kier molecular flexibility index (Phi) is 2.98. The Labute approximate surface area is 71.4 Å². The zero-order chi connectivity index (χ0) is 8.43. The summed E-state index contributed by atoms with van der Waals surface area (Å²) < 4.78 is 0. The molecule has 0 radical (unpaired) electrons. The molecule has 1 rings (SSSR count). The molecular formula is C11H22. The summed E-state index contributed by atoms with van der Waals surface area (Å²) in [5, 5.41) is 0. The summed E-state index contributed by atoms with van der Waals surface area (Å²) in [6, 6.07) is 0. The van der Waals surface area contributed by atoms with Crippen molar-refractivity contribution in [3.05, 3.63) is 0 Å². The number of hydrogen-bond donors (Lipinski definition) is 0. The zero-order valence-electron chi connectivity index (χ0n) is 8.43. The highest BCUT2D eigenvalue weighted by Gasteiger charge is 2.23. The molecule has 0 aromatic carbocycles. The Morgan fingerprint density at radius 2 is 1.00 bits per heavy atom. The third-order valence-electron chi connectivity index (χ3n) is 3.32. The lowest BCUT2D eigenvalue weighted by molar-refractivity contribution is 0.333. The fourth-order valence-corrected chi connectivity index (χ4v) is 2.61. The van der Waals surface area contributed by atoms with Crippen LogP contribution in [0.15, 0.2) is 0 Å². The Morgan fingerprint density at radius 1 is 0.636 bits per heavy atom. The van der Waals surface area contributed by atoms with Gasteiger partial charge in [-0.15, -0.1) is 0 Å². The van der Waals surface area contributed by atoms with Crippen molar-refractivity contribution in [3.8, 4) is 0 Å². The number of rotatable bonds is 0. The van der Waals surface area contributed by atoms with Crippen LogP contribution in [0.5, 0.6) is 0 Å². The van der Waals surface area contributed by atoms with Crippen molar-refractivity contribution in [1.82, 2.24) is 0 Å². The van der Waals surface area contributed by atoms with Gasteiger partial charge in [0.05, 0.1) is 0 Å². The van der Waals surface area contributed by atoms with Crippen LogP contribution in [0.2, 0.25) is 0 Å². The van der Waals surface area contributed by atoms with Gasteiger partial charge in [-0.2, -0.15) is 0 Å². The minimum atomic E-state index is 0.954. The maximum absolute atomic E-state index is 2.42. The summed E-state index contributed by atoms with van der Waals surface area (Å²) in [7, 11) is 0. The van der Waals surface area contributed by atoms with Gasteiger partial charge in [-0.3, -0.25) is 0 Å². The Balaban J connectivity index is 2.51. The van der Waals surface area contributed by atoms with E-state index in [-0.39, 0.29) is 0 Å². The average molecular weight is 154 g/mol. The minimum absolute atomic E-state index is 0.954. The van der Waals surface area contributed by atoms with Crippen LogP contribution in [0.1, 0.15) is 47.0 Å². The molecule has 0 bridgehead atoms. The van der Waals surface area contributed by atoms with Gasteiger partial charge in [0.1, 0.15) is 0 Å². The standard InChI is InChI=1S/C11H22/c1-8-5-9(2)7-11(4)10(3)6-8/h8-11H,5-7H2,1-4H3. The Hall–Kier alpha value is 0. The van der Waals surface area contributed by atoms with Crippen LogP contribution in [-0.2, 0) is 0 Å². The van der Waals surface area contributed by atoms with E-state index in [2.05, 4.69) is 27.7 Å². The lowest BCUT2D eigenvalue weighted by Crippen LogP contribution is -2.07. The highest BCUT2D eigenvalue weighted by molar-refractivity contribution is 4.74. The normalized spacial score (nSPS) is 46.9. The van der Waals surface area contributed by atoms with Crippen molar-refractivity contribution < 1.29 is 0 Å². The van der Waals surface area contributed by atoms with Crippen molar-refractivity contribution in [2.24, 2.45) is 23.7 Å². The van der Waals surface area contributed by atoms with Crippen molar-refractivity contribution >= 4 is 0 Å². The molecule has 0 spiro atoms. The highest BCUT2D eigenvalue weighted by Crippen LogP contribution is 2.34. The molecule has 4 unspecified atom stereocenters. The smallest absolute Gasteiger partial charge is 0.0414 e. The molecule has 1 aliphatic carbocycles. The third kappa shape index (κ3) is 2.50. The molecule has 11 heavy (non-hydrogen) atoms. The molecule has 0 saturated heterocycles. The van der Waals surface area contributed by atoms with Gasteiger partial charge in [-0.25, -0.2) is 0 Å². The fourth-order valence-electron chi connectivity index (χ4n) is 2.61. The maximum atomic E-state index is 2.42. The Bertz CT molecular complexity index is 103. The van der Waals surface area contributed by atoms with Crippen LogP contribution in [0, 0.1) is 23.7 Å². The van der Waals surface area contributed by atoms with Crippen LogP contribution in [0.3, 0.4) is 0 Å². The lowest BCUT2D eigenvalue weighted by atomic mass is 9.89. The van der Waals surface area contributed by atoms with Crippen LogP contribution < -0.4 is 0 Å². The van der Waals surface area contributed by atoms with E-state index in [0.29, 0.717) is 0 Å². The molecule has 0 aromatic heterocycles. The molecule has 0 amide bonds. The van der Waals surface area contributed by atoms with Crippen molar-refractivity contribution in [3.63, 3.8) is 0 Å². The second-order valence-corrected chi connectivity index (χ2v) is 4.87. The van der Waals surface area contributed by atoms with E-state index in [1.807, 2.05) is 0 Å². The predicted octanol–water partition coefficient (Wildman–Crippen LogP) is 3.71. The van der Waals surface area contributed by atoms with Crippen molar-refractivity contribution in [2.75, 3.05) is 0 Å². The van der Waals surface area contributed by atoms with E-state index in [9.17, 15) is 0 Å². The van der Waals surface area contributed by atoms with Gasteiger partial charge in [-0.05, 0) is 42.9 Å². The quantitative estimate of drug-likeness (QED) is 0.466. The van der Waals surface area contributed by atoms with Crippen molar-refractivity contribution in [2.45, 2.75) is 47.0 Å². The Morgan fingerprint density at radius 3 is 1.36 bits per heavy atom. The molecule has 0 nitrogen and oxygen atoms in total. The number of hydrogen-bond acceptors (Lipinski definition) is 0. The average Bonchev–Trinajstić information content (AvgIpc) is 1.93. The van der Waals surface area contributed by atoms with Crippen LogP contribution in [0.25, 0.3) is 0 Å². The van der Waals surface area contributed by atoms with E-state index >= 15 is 0 Å². The van der Waals surface area contributed by atoms with Gasteiger partial charge in [0.2, 0.25) is 0 Å². The van der Waals surface area contributed by atoms with E-state index in [1.54, 1.807) is 0 Å². The molecule has 1 saturated carbocycles. The highest BCUT2D eigenvalue weighted by atomic mass is 14.3. The van der Waals surface area contributed by atoms with Gasteiger partial charge >= 0.3 is 0 Å². The summed E-state index contributed by atoms with van der Waals surface area (Å²) in [4.78, 5) is 0. The third-order valence-corrected chi connectivity index (χ3v) is 3.32. The minimum Gasteiger partial charge on any atom is -0.0625 e. The van der Waals surface area contributed by atoms with Crippen LogP contribution >= 0.6 is 0 Å². The van der Waals surface area contributed by atoms with Gasteiger partial charge in [0.15, 0.2) is 0 Å². The summed E-state index contributed by atoms with van der Waals surface area (Å²) in [5.74, 6) is 3.83. The van der Waals surface area contributed by atoms with E-state index in [4.69, 9.17) is 0 Å². The van der Waals surface area contributed by atoms with E-state index in [0.717, 1.165) is 23.7 Å². The van der Waals surface area contributed by atoms with Gasteiger partial charge in [0.25, 0.3) is 0 Å². The molecular weight excluding hydrogens is 132 g/mol. The molecule has 1 fully saturated rings. The molecule has 0 heteroatoms. The summed E-state index contributed by atoms with van der Waals surface area (Å²) in [5.41, 5.74) is 0. The van der Waals surface area contributed by atoms with Gasteiger partial charge < -0.3 is 0 Å². The maximum Gasteiger partial charge on any atom is -0.0414 e. The van der Waals surface area contributed by atoms with E-state index in [1.165, 1.54) is 19.3 Å². The summed E-state index contributed by atoms with van der Waals surface area (Å²) in [6.45, 7) is 9.65.